The van der Waals surface area contributed by atoms with Crippen LogP contribution in [-0.2, 0) is 0 Å². The highest BCUT2D eigenvalue weighted by atomic mass is 19.4. The molecular weight excluding hydrogens is 253 g/mol. The lowest BCUT2D eigenvalue weighted by molar-refractivity contribution is -0.148. The molecule has 112 valence electrons. The number of likely N-dealkylation sites (N-methyl/N-ethyl adjacent to an activating group) is 1. The lowest BCUT2D eigenvalue weighted by Gasteiger charge is -2.39. The van der Waals surface area contributed by atoms with Crippen LogP contribution in [0.4, 0.5) is 13.2 Å². The molecule has 0 aromatic heterocycles. The van der Waals surface area contributed by atoms with E-state index in [4.69, 9.17) is 0 Å². The van der Waals surface area contributed by atoms with Gasteiger partial charge >= 0.3 is 6.18 Å². The third-order valence-corrected chi connectivity index (χ3v) is 4.50. The van der Waals surface area contributed by atoms with Crippen LogP contribution in [0, 0.1) is 11.8 Å². The van der Waals surface area contributed by atoms with E-state index in [0.717, 1.165) is 25.6 Å². The maximum absolute atomic E-state index is 12.5. The second kappa shape index (κ2) is 6.44. The second-order valence-electron chi connectivity index (χ2n) is 6.18. The molecule has 0 aromatic carbocycles. The zero-order chi connectivity index (χ0) is 13.9. The Hall–Kier alpha value is -0.290. The maximum atomic E-state index is 12.5. The third kappa shape index (κ3) is 4.95. The van der Waals surface area contributed by atoms with E-state index in [9.17, 15) is 13.2 Å². The highest BCUT2D eigenvalue weighted by Crippen LogP contribution is 2.31. The Morgan fingerprint density at radius 2 is 1.89 bits per heavy atom. The minimum atomic E-state index is -4.03. The highest BCUT2D eigenvalue weighted by Gasteiger charge is 2.36. The molecule has 0 aromatic rings. The molecule has 0 bridgehead atoms. The second-order valence-corrected chi connectivity index (χ2v) is 6.18. The topological polar surface area (TPSA) is 15.3 Å². The number of nitrogens with zero attached hydrogens (tertiary/aromatic N) is 1. The molecule has 1 N–H and O–H groups in total. The van der Waals surface area contributed by atoms with Gasteiger partial charge in [0.25, 0.3) is 0 Å². The summed E-state index contributed by atoms with van der Waals surface area (Å²) in [6.07, 6.45) is -0.116. The van der Waals surface area contributed by atoms with Crippen molar-refractivity contribution < 1.29 is 13.2 Å². The Bertz CT molecular complexity index is 276. The summed E-state index contributed by atoms with van der Waals surface area (Å²) in [5.74, 6) is 0.519. The molecule has 1 saturated heterocycles. The fourth-order valence-corrected chi connectivity index (χ4v) is 3.21. The van der Waals surface area contributed by atoms with E-state index < -0.39 is 12.6 Å². The Kier molecular flexibility index (Phi) is 5.12. The predicted octanol–water partition coefficient (Wildman–Crippen LogP) is 3.04. The average molecular weight is 278 g/mol. The first-order valence-electron chi connectivity index (χ1n) is 7.48. The van der Waals surface area contributed by atoms with E-state index in [1.54, 1.807) is 0 Å². The average Bonchev–Trinajstić information content (AvgIpc) is 2.24. The molecular formula is C14H25F3N2. The first-order chi connectivity index (χ1) is 8.96. The van der Waals surface area contributed by atoms with Gasteiger partial charge < -0.3 is 10.2 Å². The summed E-state index contributed by atoms with van der Waals surface area (Å²) in [5, 5.41) is 3.49. The van der Waals surface area contributed by atoms with Crippen LogP contribution in [0.5, 0.6) is 0 Å². The van der Waals surface area contributed by atoms with Crippen molar-refractivity contribution in [2.75, 3.05) is 26.2 Å². The summed E-state index contributed by atoms with van der Waals surface area (Å²) in [7, 11) is 0. The fourth-order valence-electron chi connectivity index (χ4n) is 3.21. The minimum absolute atomic E-state index is 0.238. The van der Waals surface area contributed by atoms with Gasteiger partial charge in [0.05, 0.1) is 0 Å². The molecule has 0 radical (unpaired) electrons. The van der Waals surface area contributed by atoms with Gasteiger partial charge in [-0.1, -0.05) is 13.3 Å². The van der Waals surface area contributed by atoms with Crippen molar-refractivity contribution in [3.05, 3.63) is 0 Å². The van der Waals surface area contributed by atoms with Crippen LogP contribution in [-0.4, -0.2) is 43.3 Å². The SMILES string of the molecule is CCN1CC(CC(F)(F)F)CC(NCC2CCC2)C1. The number of hydrogen-bond donors (Lipinski definition) is 1. The van der Waals surface area contributed by atoms with Crippen molar-refractivity contribution in [3.63, 3.8) is 0 Å². The van der Waals surface area contributed by atoms with Gasteiger partial charge in [-0.15, -0.1) is 0 Å². The van der Waals surface area contributed by atoms with Crippen molar-refractivity contribution in [2.45, 2.75) is 51.2 Å². The van der Waals surface area contributed by atoms with Crippen LogP contribution < -0.4 is 5.32 Å². The summed E-state index contributed by atoms with van der Waals surface area (Å²) in [4.78, 5) is 2.15. The first kappa shape index (κ1) is 15.1. The molecule has 2 nitrogen and oxygen atoms in total. The van der Waals surface area contributed by atoms with Crippen molar-refractivity contribution in [1.29, 1.82) is 0 Å². The molecule has 2 unspecified atom stereocenters. The molecule has 1 heterocycles. The van der Waals surface area contributed by atoms with Crippen LogP contribution in [0.15, 0.2) is 0 Å². The third-order valence-electron chi connectivity index (χ3n) is 4.50. The molecule has 2 aliphatic rings. The fraction of sp³-hybridized carbons (Fsp3) is 1.00. The zero-order valence-corrected chi connectivity index (χ0v) is 11.7. The smallest absolute Gasteiger partial charge is 0.312 e. The molecule has 2 fully saturated rings. The number of rotatable bonds is 5. The Morgan fingerprint density at radius 1 is 1.16 bits per heavy atom. The Balaban J connectivity index is 1.80. The predicted molar refractivity (Wildman–Crippen MR) is 70.0 cm³/mol. The first-order valence-corrected chi connectivity index (χ1v) is 7.48. The minimum Gasteiger partial charge on any atom is -0.312 e. The summed E-state index contributed by atoms with van der Waals surface area (Å²) in [5.41, 5.74) is 0. The van der Waals surface area contributed by atoms with Crippen LogP contribution in [0.25, 0.3) is 0 Å². The van der Waals surface area contributed by atoms with Crippen molar-refractivity contribution in [1.82, 2.24) is 10.2 Å². The molecule has 19 heavy (non-hydrogen) atoms. The largest absolute Gasteiger partial charge is 0.389 e. The van der Waals surface area contributed by atoms with Gasteiger partial charge in [0.15, 0.2) is 0 Å². The van der Waals surface area contributed by atoms with Gasteiger partial charge in [0, 0.05) is 25.6 Å². The highest BCUT2D eigenvalue weighted by molar-refractivity contribution is 4.85. The number of alkyl halides is 3. The lowest BCUT2D eigenvalue weighted by atomic mass is 9.84. The van der Waals surface area contributed by atoms with E-state index in [1.807, 2.05) is 6.92 Å². The lowest BCUT2D eigenvalue weighted by Crippen LogP contribution is -2.51. The van der Waals surface area contributed by atoms with Gasteiger partial charge in [-0.25, -0.2) is 0 Å². The van der Waals surface area contributed by atoms with Crippen LogP contribution in [0.1, 0.15) is 39.0 Å². The summed E-state index contributed by atoms with van der Waals surface area (Å²) in [6, 6.07) is 0.238. The Labute approximate surface area is 113 Å². The van der Waals surface area contributed by atoms with Gasteiger partial charge in [0.1, 0.15) is 0 Å². The van der Waals surface area contributed by atoms with Crippen LogP contribution in [0.2, 0.25) is 0 Å². The van der Waals surface area contributed by atoms with Crippen molar-refractivity contribution in [2.24, 2.45) is 11.8 Å². The van der Waals surface area contributed by atoms with E-state index in [-0.39, 0.29) is 12.0 Å². The molecule has 1 aliphatic carbocycles. The van der Waals surface area contributed by atoms with Gasteiger partial charge in [-0.3, -0.25) is 0 Å². The molecule has 0 spiro atoms. The Morgan fingerprint density at radius 3 is 2.42 bits per heavy atom. The van der Waals surface area contributed by atoms with E-state index >= 15 is 0 Å². The molecule has 2 atom stereocenters. The van der Waals surface area contributed by atoms with E-state index in [2.05, 4.69) is 10.2 Å². The number of likely N-dealkylation sites (tertiary alicyclic amines) is 1. The zero-order valence-electron chi connectivity index (χ0n) is 11.7. The number of hydrogen-bond acceptors (Lipinski definition) is 2. The summed E-state index contributed by atoms with van der Waals surface area (Å²) < 4.78 is 37.6. The molecule has 1 saturated carbocycles. The van der Waals surface area contributed by atoms with Gasteiger partial charge in [-0.05, 0) is 44.2 Å². The van der Waals surface area contributed by atoms with Crippen molar-refractivity contribution >= 4 is 0 Å². The number of halogens is 3. The van der Waals surface area contributed by atoms with Crippen LogP contribution in [0.3, 0.4) is 0 Å². The standard InChI is InChI=1S/C14H25F3N2/c1-2-19-9-12(7-14(15,16)17)6-13(10-19)18-8-11-4-3-5-11/h11-13,18H,2-10H2,1H3. The molecule has 2 rings (SSSR count). The monoisotopic (exact) mass is 278 g/mol. The molecule has 5 heteroatoms. The summed E-state index contributed by atoms with van der Waals surface area (Å²) in [6.45, 7) is 5.35. The normalized spacial score (nSPS) is 30.3. The van der Waals surface area contributed by atoms with Crippen LogP contribution >= 0.6 is 0 Å². The summed E-state index contributed by atoms with van der Waals surface area (Å²) >= 11 is 0. The number of piperidine rings is 1. The number of nitrogens with one attached hydrogen (secondary N) is 1. The maximum Gasteiger partial charge on any atom is 0.389 e. The quantitative estimate of drug-likeness (QED) is 0.831. The molecule has 1 aliphatic heterocycles. The molecule has 0 amide bonds. The van der Waals surface area contributed by atoms with Gasteiger partial charge in [-0.2, -0.15) is 13.2 Å². The van der Waals surface area contributed by atoms with E-state index in [1.165, 1.54) is 19.3 Å². The van der Waals surface area contributed by atoms with Gasteiger partial charge in [0.2, 0.25) is 0 Å². The van der Waals surface area contributed by atoms with E-state index in [0.29, 0.717) is 13.0 Å². The van der Waals surface area contributed by atoms with Crippen molar-refractivity contribution in [3.8, 4) is 0 Å².